The Morgan fingerprint density at radius 1 is 1.21 bits per heavy atom. The Kier molecular flexibility index (Phi) is 7.13. The fourth-order valence-electron chi connectivity index (χ4n) is 2.32. The lowest BCUT2D eigenvalue weighted by Gasteiger charge is -2.19. The highest BCUT2D eigenvalue weighted by Crippen LogP contribution is 2.27. The third-order valence-corrected chi connectivity index (χ3v) is 3.92. The lowest BCUT2D eigenvalue weighted by Crippen LogP contribution is -2.40. The molecule has 0 spiro atoms. The van der Waals surface area contributed by atoms with Crippen molar-refractivity contribution in [2.24, 2.45) is 4.99 Å². The van der Waals surface area contributed by atoms with Crippen LogP contribution in [0.2, 0.25) is 0 Å². The normalized spacial score (nSPS) is 13.2. The van der Waals surface area contributed by atoms with Gasteiger partial charge in [0.15, 0.2) is 5.96 Å². The van der Waals surface area contributed by atoms with E-state index in [1.165, 1.54) is 6.07 Å². The van der Waals surface area contributed by atoms with E-state index in [2.05, 4.69) is 30.9 Å². The van der Waals surface area contributed by atoms with Crippen molar-refractivity contribution in [2.45, 2.75) is 26.1 Å². The zero-order chi connectivity index (χ0) is 20.7. The number of benzene rings is 1. The number of nitrogens with one attached hydrogen (secondary N) is 3. The van der Waals surface area contributed by atoms with Crippen molar-refractivity contribution in [3.05, 3.63) is 53.1 Å². The lowest BCUT2D eigenvalue weighted by molar-refractivity contribution is -0.141. The van der Waals surface area contributed by atoms with Crippen LogP contribution in [0.1, 0.15) is 29.8 Å². The van der Waals surface area contributed by atoms with Crippen LogP contribution in [0.3, 0.4) is 0 Å². The largest absolute Gasteiger partial charge is 0.433 e. The molecule has 1 aromatic heterocycles. The Hall–Kier alpha value is -2.91. The van der Waals surface area contributed by atoms with Gasteiger partial charge in [-0.1, -0.05) is 12.1 Å². The number of aliphatic imine (C=N–C) groups is 1. The van der Waals surface area contributed by atoms with E-state index in [-0.39, 0.29) is 24.4 Å². The van der Waals surface area contributed by atoms with Crippen molar-refractivity contribution in [3.8, 4) is 0 Å². The molecule has 6 nitrogen and oxygen atoms in total. The number of hydrogen-bond donors (Lipinski definition) is 3. The van der Waals surface area contributed by atoms with Gasteiger partial charge in [0.25, 0.3) is 0 Å². The van der Waals surface area contributed by atoms with E-state index in [4.69, 9.17) is 0 Å². The van der Waals surface area contributed by atoms with Crippen molar-refractivity contribution in [2.75, 3.05) is 25.5 Å². The molecule has 152 valence electrons. The quantitative estimate of drug-likeness (QED) is 0.301. The molecular formula is C18H22F4N6. The zero-order valence-electron chi connectivity index (χ0n) is 15.7. The molecule has 0 saturated carbocycles. The number of guanidine groups is 1. The number of alkyl halides is 3. The van der Waals surface area contributed by atoms with Crippen LogP contribution >= 0.6 is 0 Å². The summed E-state index contributed by atoms with van der Waals surface area (Å²) in [7, 11) is 1.58. The number of hydrogen-bond acceptors (Lipinski definition) is 4. The van der Waals surface area contributed by atoms with E-state index < -0.39 is 11.9 Å². The van der Waals surface area contributed by atoms with Crippen LogP contribution in [0, 0.1) is 12.7 Å². The molecule has 3 N–H and O–H groups in total. The second kappa shape index (κ2) is 9.34. The van der Waals surface area contributed by atoms with Crippen molar-refractivity contribution in [1.82, 2.24) is 20.6 Å². The predicted octanol–water partition coefficient (Wildman–Crippen LogP) is 3.28. The standard InChI is InChI=1S/C18H22F4N6/c1-11-4-5-13(10-14(11)19)12(2)27-16(23-3)25-8-9-26-17-24-7-6-15(28-17)18(20,21)22/h4-7,10,12H,8-9H2,1-3H3,(H2,23,25,27)(H,24,26,28). The Morgan fingerprint density at radius 3 is 2.61 bits per heavy atom. The van der Waals surface area contributed by atoms with E-state index in [0.717, 1.165) is 17.8 Å². The number of halogens is 4. The van der Waals surface area contributed by atoms with Gasteiger partial charge in [0.2, 0.25) is 5.95 Å². The average molecular weight is 398 g/mol. The summed E-state index contributed by atoms with van der Waals surface area (Å²) in [4.78, 5) is 11.3. The molecule has 10 heteroatoms. The molecule has 2 rings (SSSR count). The summed E-state index contributed by atoms with van der Waals surface area (Å²) in [6, 6.07) is 5.62. The Bertz CT molecular complexity index is 822. The highest BCUT2D eigenvalue weighted by atomic mass is 19.4. The van der Waals surface area contributed by atoms with Gasteiger partial charge in [0, 0.05) is 26.3 Å². The second-order valence-corrected chi connectivity index (χ2v) is 6.06. The first-order valence-corrected chi connectivity index (χ1v) is 8.58. The number of rotatable bonds is 6. The van der Waals surface area contributed by atoms with Gasteiger partial charge < -0.3 is 16.0 Å². The molecule has 0 aliphatic carbocycles. The van der Waals surface area contributed by atoms with E-state index in [1.807, 2.05) is 13.0 Å². The van der Waals surface area contributed by atoms with Gasteiger partial charge in [-0.15, -0.1) is 0 Å². The van der Waals surface area contributed by atoms with Crippen molar-refractivity contribution < 1.29 is 17.6 Å². The topological polar surface area (TPSA) is 74.2 Å². The molecule has 0 fully saturated rings. The maximum absolute atomic E-state index is 13.7. The molecule has 1 unspecified atom stereocenters. The number of aromatic nitrogens is 2. The minimum Gasteiger partial charge on any atom is -0.355 e. The predicted molar refractivity (Wildman–Crippen MR) is 99.6 cm³/mol. The van der Waals surface area contributed by atoms with Crippen LogP contribution in [0.25, 0.3) is 0 Å². The third kappa shape index (κ3) is 6.07. The Labute approximate surface area is 160 Å². The molecule has 2 aromatic rings. The molecule has 28 heavy (non-hydrogen) atoms. The summed E-state index contributed by atoms with van der Waals surface area (Å²) in [5.41, 5.74) is 0.331. The van der Waals surface area contributed by atoms with Gasteiger partial charge in [-0.05, 0) is 37.1 Å². The SMILES string of the molecule is CN=C(NCCNc1nccc(C(F)(F)F)n1)NC(C)c1ccc(C)c(F)c1. The van der Waals surface area contributed by atoms with Crippen molar-refractivity contribution in [1.29, 1.82) is 0 Å². The first-order valence-electron chi connectivity index (χ1n) is 8.58. The second-order valence-electron chi connectivity index (χ2n) is 6.06. The summed E-state index contributed by atoms with van der Waals surface area (Å²) in [5.74, 6) is 0.0858. The minimum atomic E-state index is -4.52. The van der Waals surface area contributed by atoms with E-state index in [1.54, 1.807) is 20.0 Å². The van der Waals surface area contributed by atoms with Gasteiger partial charge >= 0.3 is 6.18 Å². The molecule has 0 radical (unpaired) electrons. The van der Waals surface area contributed by atoms with Gasteiger partial charge in [0.1, 0.15) is 11.5 Å². The van der Waals surface area contributed by atoms with Crippen molar-refractivity contribution in [3.63, 3.8) is 0 Å². The number of anilines is 1. The van der Waals surface area contributed by atoms with Crippen LogP contribution < -0.4 is 16.0 Å². The summed E-state index contributed by atoms with van der Waals surface area (Å²) in [6.07, 6.45) is -3.47. The average Bonchev–Trinajstić information content (AvgIpc) is 2.65. The fourth-order valence-corrected chi connectivity index (χ4v) is 2.32. The highest BCUT2D eigenvalue weighted by molar-refractivity contribution is 5.80. The molecule has 0 aliphatic rings. The van der Waals surface area contributed by atoms with Gasteiger partial charge in [-0.25, -0.2) is 14.4 Å². The molecular weight excluding hydrogens is 376 g/mol. The van der Waals surface area contributed by atoms with Gasteiger partial charge in [-0.3, -0.25) is 4.99 Å². The summed E-state index contributed by atoms with van der Waals surface area (Å²) in [5, 5.41) is 8.86. The number of aryl methyl sites for hydroxylation is 1. The molecule has 0 aliphatic heterocycles. The Balaban J connectivity index is 1.83. The first kappa shape index (κ1) is 21.4. The van der Waals surface area contributed by atoms with E-state index in [0.29, 0.717) is 18.1 Å². The summed E-state index contributed by atoms with van der Waals surface area (Å²) >= 11 is 0. The summed E-state index contributed by atoms with van der Waals surface area (Å²) in [6.45, 7) is 4.19. The van der Waals surface area contributed by atoms with Crippen LogP contribution in [-0.4, -0.2) is 36.1 Å². The first-order chi connectivity index (χ1) is 13.2. The number of nitrogens with zero attached hydrogens (tertiary/aromatic N) is 3. The molecule has 1 aromatic carbocycles. The molecule has 1 atom stereocenters. The minimum absolute atomic E-state index is 0.108. The van der Waals surface area contributed by atoms with Crippen LogP contribution in [0.4, 0.5) is 23.5 Å². The molecule has 0 saturated heterocycles. The Morgan fingerprint density at radius 2 is 1.96 bits per heavy atom. The lowest BCUT2D eigenvalue weighted by atomic mass is 10.1. The highest BCUT2D eigenvalue weighted by Gasteiger charge is 2.32. The fraction of sp³-hybridized carbons (Fsp3) is 0.389. The van der Waals surface area contributed by atoms with Gasteiger partial charge in [-0.2, -0.15) is 13.2 Å². The summed E-state index contributed by atoms with van der Waals surface area (Å²) < 4.78 is 51.6. The maximum Gasteiger partial charge on any atom is 0.433 e. The van der Waals surface area contributed by atoms with Crippen molar-refractivity contribution >= 4 is 11.9 Å². The molecule has 0 amide bonds. The van der Waals surface area contributed by atoms with Gasteiger partial charge in [0.05, 0.1) is 6.04 Å². The van der Waals surface area contributed by atoms with E-state index >= 15 is 0 Å². The molecule has 1 heterocycles. The third-order valence-electron chi connectivity index (χ3n) is 3.92. The van der Waals surface area contributed by atoms with Crippen LogP contribution in [0.5, 0.6) is 0 Å². The maximum atomic E-state index is 13.7. The van der Waals surface area contributed by atoms with Crippen LogP contribution in [0.15, 0.2) is 35.5 Å². The van der Waals surface area contributed by atoms with E-state index in [9.17, 15) is 17.6 Å². The zero-order valence-corrected chi connectivity index (χ0v) is 15.7. The molecule has 0 bridgehead atoms. The monoisotopic (exact) mass is 398 g/mol. The van der Waals surface area contributed by atoms with Crippen LogP contribution in [-0.2, 0) is 6.18 Å². The smallest absolute Gasteiger partial charge is 0.355 e.